The lowest BCUT2D eigenvalue weighted by Crippen LogP contribution is -2.27. The fourth-order valence-electron chi connectivity index (χ4n) is 2.67. The van der Waals surface area contributed by atoms with Gasteiger partial charge in [0.05, 0.1) is 17.2 Å². The highest BCUT2D eigenvalue weighted by molar-refractivity contribution is 5.88. The minimum Gasteiger partial charge on any atom is -0.478 e. The summed E-state index contributed by atoms with van der Waals surface area (Å²) in [6, 6.07) is 2.50. The molecule has 1 aromatic carbocycles. The van der Waals surface area contributed by atoms with Crippen LogP contribution in [0, 0.1) is 0 Å². The monoisotopic (exact) mass is 332 g/mol. The highest BCUT2D eigenvalue weighted by Gasteiger charge is 2.35. The number of rotatable bonds is 5. The van der Waals surface area contributed by atoms with Crippen LogP contribution in [-0.2, 0) is 10.9 Å². The maximum Gasteiger partial charge on any atom is 0.419 e. The number of halogens is 3. The van der Waals surface area contributed by atoms with E-state index in [1.165, 1.54) is 6.92 Å². The number of aromatic carboxylic acids is 1. The van der Waals surface area contributed by atoms with Gasteiger partial charge in [-0.3, -0.25) is 0 Å². The quantitative estimate of drug-likeness (QED) is 0.808. The minimum absolute atomic E-state index is 0.0317. The third-order valence-corrected chi connectivity index (χ3v) is 3.76. The SMILES string of the molecule is CC(Oc1cc(C(=O)O)ccc1C(F)(F)F)OC1CCCCC1. The van der Waals surface area contributed by atoms with Crippen LogP contribution in [0.2, 0.25) is 0 Å². The second-order valence-corrected chi connectivity index (χ2v) is 5.60. The van der Waals surface area contributed by atoms with E-state index in [-0.39, 0.29) is 11.7 Å². The molecule has 0 radical (unpaired) electrons. The molecule has 0 aliphatic heterocycles. The second kappa shape index (κ2) is 7.21. The Balaban J connectivity index is 2.15. The number of carboxylic acid groups (broad SMARTS) is 1. The minimum atomic E-state index is -4.63. The van der Waals surface area contributed by atoms with Crippen molar-refractivity contribution in [3.05, 3.63) is 29.3 Å². The molecule has 1 aliphatic carbocycles. The Morgan fingerprint density at radius 2 is 1.91 bits per heavy atom. The number of carboxylic acids is 1. The zero-order chi connectivity index (χ0) is 17.0. The zero-order valence-electron chi connectivity index (χ0n) is 12.7. The molecule has 0 heterocycles. The van der Waals surface area contributed by atoms with Gasteiger partial charge in [0.25, 0.3) is 0 Å². The Morgan fingerprint density at radius 3 is 2.48 bits per heavy atom. The lowest BCUT2D eigenvalue weighted by molar-refractivity contribution is -0.146. The highest BCUT2D eigenvalue weighted by atomic mass is 19.4. The predicted octanol–water partition coefficient (Wildman–Crippen LogP) is 4.48. The molecular formula is C16H19F3O4. The van der Waals surface area contributed by atoms with Crippen LogP contribution >= 0.6 is 0 Å². The van der Waals surface area contributed by atoms with Crippen LogP contribution in [0.25, 0.3) is 0 Å². The van der Waals surface area contributed by atoms with Gasteiger partial charge in [-0.15, -0.1) is 0 Å². The molecule has 0 aromatic heterocycles. The molecule has 0 bridgehead atoms. The first-order valence-corrected chi connectivity index (χ1v) is 7.54. The number of carbonyl (C=O) groups is 1. The van der Waals surface area contributed by atoms with Gasteiger partial charge in [0.1, 0.15) is 5.75 Å². The van der Waals surface area contributed by atoms with E-state index in [4.69, 9.17) is 14.6 Å². The van der Waals surface area contributed by atoms with Gasteiger partial charge in [-0.25, -0.2) is 4.79 Å². The van der Waals surface area contributed by atoms with E-state index in [9.17, 15) is 18.0 Å². The van der Waals surface area contributed by atoms with Crippen LogP contribution in [0.1, 0.15) is 54.9 Å². The number of hydrogen-bond acceptors (Lipinski definition) is 3. The van der Waals surface area contributed by atoms with Crippen molar-refractivity contribution in [2.75, 3.05) is 0 Å². The first kappa shape index (κ1) is 17.6. The molecule has 1 saturated carbocycles. The first-order valence-electron chi connectivity index (χ1n) is 7.54. The van der Waals surface area contributed by atoms with Gasteiger partial charge in [0, 0.05) is 0 Å². The summed E-state index contributed by atoms with van der Waals surface area (Å²) in [4.78, 5) is 10.9. The molecule has 1 atom stereocenters. The van der Waals surface area contributed by atoms with E-state index >= 15 is 0 Å². The van der Waals surface area contributed by atoms with E-state index < -0.39 is 29.7 Å². The molecule has 4 nitrogen and oxygen atoms in total. The molecule has 1 fully saturated rings. The summed E-state index contributed by atoms with van der Waals surface area (Å²) in [7, 11) is 0. The topological polar surface area (TPSA) is 55.8 Å². The molecule has 1 unspecified atom stereocenters. The van der Waals surface area contributed by atoms with Gasteiger partial charge < -0.3 is 14.6 Å². The molecule has 23 heavy (non-hydrogen) atoms. The fraction of sp³-hybridized carbons (Fsp3) is 0.562. The standard InChI is InChI=1S/C16H19F3O4/c1-10(22-12-5-3-2-4-6-12)23-14-9-11(15(20)21)7-8-13(14)16(17,18)19/h7-10,12H,2-6H2,1H3,(H,20,21). The summed E-state index contributed by atoms with van der Waals surface area (Å²) < 4.78 is 50.0. The Kier molecular flexibility index (Phi) is 5.51. The second-order valence-electron chi connectivity index (χ2n) is 5.60. The summed E-state index contributed by atoms with van der Waals surface area (Å²) >= 11 is 0. The normalized spacial score (nSPS) is 17.7. The van der Waals surface area contributed by atoms with Crippen molar-refractivity contribution >= 4 is 5.97 Å². The summed E-state index contributed by atoms with van der Waals surface area (Å²) in [6.45, 7) is 1.52. The van der Waals surface area contributed by atoms with Crippen molar-refractivity contribution in [3.8, 4) is 5.75 Å². The van der Waals surface area contributed by atoms with Gasteiger partial charge in [-0.05, 0) is 38.0 Å². The van der Waals surface area contributed by atoms with Crippen LogP contribution in [0.5, 0.6) is 5.75 Å². The van der Waals surface area contributed by atoms with Gasteiger partial charge in [-0.2, -0.15) is 13.2 Å². The van der Waals surface area contributed by atoms with E-state index in [0.29, 0.717) is 6.07 Å². The Morgan fingerprint density at radius 1 is 1.26 bits per heavy atom. The van der Waals surface area contributed by atoms with Gasteiger partial charge >= 0.3 is 12.1 Å². The smallest absolute Gasteiger partial charge is 0.419 e. The molecule has 1 aromatic rings. The van der Waals surface area contributed by atoms with Gasteiger partial charge in [0.15, 0.2) is 6.29 Å². The largest absolute Gasteiger partial charge is 0.478 e. The lowest BCUT2D eigenvalue weighted by Gasteiger charge is -2.26. The van der Waals surface area contributed by atoms with Crippen LogP contribution in [0.3, 0.4) is 0 Å². The van der Waals surface area contributed by atoms with Crippen molar-refractivity contribution in [1.29, 1.82) is 0 Å². The maximum atomic E-state index is 13.0. The number of ether oxygens (including phenoxy) is 2. The lowest BCUT2D eigenvalue weighted by atomic mass is 9.98. The van der Waals surface area contributed by atoms with Crippen molar-refractivity contribution in [2.24, 2.45) is 0 Å². The van der Waals surface area contributed by atoms with Crippen molar-refractivity contribution in [1.82, 2.24) is 0 Å². The van der Waals surface area contributed by atoms with E-state index in [0.717, 1.165) is 44.2 Å². The van der Waals surface area contributed by atoms with E-state index in [1.54, 1.807) is 0 Å². The number of benzene rings is 1. The molecule has 0 spiro atoms. The van der Waals surface area contributed by atoms with E-state index in [2.05, 4.69) is 0 Å². The molecular weight excluding hydrogens is 313 g/mol. The average molecular weight is 332 g/mol. The molecule has 128 valence electrons. The van der Waals surface area contributed by atoms with Crippen molar-refractivity contribution in [3.63, 3.8) is 0 Å². The Bertz CT molecular complexity index is 551. The molecule has 2 rings (SSSR count). The maximum absolute atomic E-state index is 13.0. The molecule has 1 aliphatic rings. The Labute approximate surface area is 132 Å². The average Bonchev–Trinajstić information content (AvgIpc) is 2.46. The van der Waals surface area contributed by atoms with Crippen LogP contribution < -0.4 is 4.74 Å². The predicted molar refractivity (Wildman–Crippen MR) is 76.5 cm³/mol. The third kappa shape index (κ3) is 4.86. The third-order valence-electron chi connectivity index (χ3n) is 3.76. The summed E-state index contributed by atoms with van der Waals surface area (Å²) in [5.74, 6) is -1.84. The van der Waals surface area contributed by atoms with Gasteiger partial charge in [-0.1, -0.05) is 19.3 Å². The highest BCUT2D eigenvalue weighted by Crippen LogP contribution is 2.37. The van der Waals surface area contributed by atoms with E-state index in [1.807, 2.05) is 0 Å². The Hall–Kier alpha value is -1.76. The molecule has 1 N–H and O–H groups in total. The van der Waals surface area contributed by atoms with Crippen LogP contribution in [0.15, 0.2) is 18.2 Å². The van der Waals surface area contributed by atoms with Crippen molar-refractivity contribution in [2.45, 2.75) is 57.6 Å². The zero-order valence-corrected chi connectivity index (χ0v) is 12.7. The molecule has 7 heteroatoms. The van der Waals surface area contributed by atoms with Gasteiger partial charge in [0.2, 0.25) is 0 Å². The summed E-state index contributed by atoms with van der Waals surface area (Å²) in [5.41, 5.74) is -1.28. The summed E-state index contributed by atoms with van der Waals surface area (Å²) in [6.07, 6.45) is -0.646. The fourth-order valence-corrected chi connectivity index (χ4v) is 2.67. The van der Waals surface area contributed by atoms with Crippen LogP contribution in [0.4, 0.5) is 13.2 Å². The number of hydrogen-bond donors (Lipinski definition) is 1. The molecule has 0 amide bonds. The molecule has 0 saturated heterocycles. The first-order chi connectivity index (χ1) is 10.8. The number of alkyl halides is 3. The summed E-state index contributed by atoms with van der Waals surface area (Å²) in [5, 5.41) is 8.93. The van der Waals surface area contributed by atoms with Crippen molar-refractivity contribution < 1.29 is 32.5 Å². The van der Waals surface area contributed by atoms with Crippen LogP contribution in [-0.4, -0.2) is 23.5 Å².